The third-order valence-corrected chi connectivity index (χ3v) is 4.79. The Morgan fingerprint density at radius 3 is 2.52 bits per heavy atom. The predicted octanol–water partition coefficient (Wildman–Crippen LogP) is 2.35. The van der Waals surface area contributed by atoms with Gasteiger partial charge in [-0.25, -0.2) is 4.98 Å². The monoisotopic (exact) mass is 287 g/mol. The summed E-state index contributed by atoms with van der Waals surface area (Å²) in [6.07, 6.45) is 7.87. The van der Waals surface area contributed by atoms with Crippen LogP contribution >= 0.6 is 0 Å². The molecule has 0 unspecified atom stereocenters. The van der Waals surface area contributed by atoms with Gasteiger partial charge < -0.3 is 4.90 Å². The molecule has 114 valence electrons. The number of carbonyl (C=O) groups is 1. The highest BCUT2D eigenvalue weighted by Gasteiger charge is 2.25. The first-order valence-electron chi connectivity index (χ1n) is 8.24. The average Bonchev–Trinajstić information content (AvgIpc) is 2.57. The molecule has 2 fully saturated rings. The van der Waals surface area contributed by atoms with Gasteiger partial charge in [-0.15, -0.1) is 0 Å². The molecule has 4 nitrogen and oxygen atoms in total. The summed E-state index contributed by atoms with van der Waals surface area (Å²) in [5.74, 6) is 1.87. The minimum atomic E-state index is 0.340. The molecule has 4 heteroatoms. The van der Waals surface area contributed by atoms with E-state index >= 15 is 0 Å². The lowest BCUT2D eigenvalue weighted by molar-refractivity contribution is -0.125. The SMILES string of the molecule is O=C(CN1CCN(c2ccccn2)CC1)C1CCCCC1. The molecule has 1 aromatic heterocycles. The van der Waals surface area contributed by atoms with Gasteiger partial charge in [-0.3, -0.25) is 9.69 Å². The summed E-state index contributed by atoms with van der Waals surface area (Å²) in [6, 6.07) is 6.03. The number of nitrogens with zero attached hydrogens (tertiary/aromatic N) is 3. The zero-order chi connectivity index (χ0) is 14.5. The fourth-order valence-corrected chi connectivity index (χ4v) is 3.45. The fourth-order valence-electron chi connectivity index (χ4n) is 3.45. The molecule has 1 saturated heterocycles. The maximum absolute atomic E-state index is 12.4. The Kier molecular flexibility index (Phi) is 4.86. The topological polar surface area (TPSA) is 36.4 Å². The number of anilines is 1. The van der Waals surface area contributed by atoms with Crippen LogP contribution in [0, 0.1) is 5.92 Å². The lowest BCUT2D eigenvalue weighted by Crippen LogP contribution is -2.48. The number of rotatable bonds is 4. The lowest BCUT2D eigenvalue weighted by Gasteiger charge is -2.35. The third kappa shape index (κ3) is 3.82. The van der Waals surface area contributed by atoms with E-state index in [2.05, 4.69) is 20.9 Å². The van der Waals surface area contributed by atoms with Crippen LogP contribution in [-0.4, -0.2) is 48.4 Å². The van der Waals surface area contributed by atoms with Gasteiger partial charge in [0.15, 0.2) is 0 Å². The van der Waals surface area contributed by atoms with E-state index in [1.165, 1.54) is 19.3 Å². The van der Waals surface area contributed by atoms with Gasteiger partial charge in [0.1, 0.15) is 11.6 Å². The van der Waals surface area contributed by atoms with E-state index in [1.807, 2.05) is 18.3 Å². The third-order valence-electron chi connectivity index (χ3n) is 4.79. The Hall–Kier alpha value is -1.42. The molecule has 1 aromatic rings. The van der Waals surface area contributed by atoms with Crippen LogP contribution in [0.25, 0.3) is 0 Å². The van der Waals surface area contributed by atoms with Crippen molar-refractivity contribution in [3.63, 3.8) is 0 Å². The van der Waals surface area contributed by atoms with Crippen molar-refractivity contribution in [3.05, 3.63) is 24.4 Å². The second-order valence-electron chi connectivity index (χ2n) is 6.25. The van der Waals surface area contributed by atoms with Gasteiger partial charge >= 0.3 is 0 Å². The van der Waals surface area contributed by atoms with E-state index in [0.717, 1.165) is 44.8 Å². The number of aromatic nitrogens is 1. The minimum Gasteiger partial charge on any atom is -0.354 e. The largest absolute Gasteiger partial charge is 0.354 e. The van der Waals surface area contributed by atoms with Crippen molar-refractivity contribution in [2.75, 3.05) is 37.6 Å². The fraction of sp³-hybridized carbons (Fsp3) is 0.647. The van der Waals surface area contributed by atoms with Crippen LogP contribution in [0.2, 0.25) is 0 Å². The quantitative estimate of drug-likeness (QED) is 0.852. The summed E-state index contributed by atoms with van der Waals surface area (Å²) < 4.78 is 0. The molecule has 0 amide bonds. The first-order valence-corrected chi connectivity index (χ1v) is 8.24. The average molecular weight is 287 g/mol. The molecular formula is C17H25N3O. The molecule has 3 rings (SSSR count). The molecular weight excluding hydrogens is 262 g/mol. The number of hydrogen-bond donors (Lipinski definition) is 0. The van der Waals surface area contributed by atoms with Crippen molar-refractivity contribution >= 4 is 11.6 Å². The van der Waals surface area contributed by atoms with Gasteiger partial charge in [-0.2, -0.15) is 0 Å². The highest BCUT2D eigenvalue weighted by Crippen LogP contribution is 2.24. The predicted molar refractivity (Wildman–Crippen MR) is 84.5 cm³/mol. The summed E-state index contributed by atoms with van der Waals surface area (Å²) in [5.41, 5.74) is 0. The van der Waals surface area contributed by atoms with Crippen molar-refractivity contribution in [1.29, 1.82) is 0 Å². The van der Waals surface area contributed by atoms with E-state index in [-0.39, 0.29) is 0 Å². The van der Waals surface area contributed by atoms with Crippen LogP contribution in [0.15, 0.2) is 24.4 Å². The van der Waals surface area contributed by atoms with E-state index in [4.69, 9.17) is 0 Å². The zero-order valence-corrected chi connectivity index (χ0v) is 12.7. The van der Waals surface area contributed by atoms with E-state index in [0.29, 0.717) is 18.2 Å². The smallest absolute Gasteiger partial charge is 0.149 e. The van der Waals surface area contributed by atoms with Gasteiger partial charge in [0.25, 0.3) is 0 Å². The van der Waals surface area contributed by atoms with Crippen molar-refractivity contribution in [2.24, 2.45) is 5.92 Å². The Morgan fingerprint density at radius 1 is 1.10 bits per heavy atom. The molecule has 0 spiro atoms. The van der Waals surface area contributed by atoms with Crippen molar-refractivity contribution in [3.8, 4) is 0 Å². The lowest BCUT2D eigenvalue weighted by atomic mass is 9.86. The Bertz CT molecular complexity index is 448. The molecule has 0 atom stereocenters. The second kappa shape index (κ2) is 7.03. The number of piperazine rings is 1. The normalized spacial score (nSPS) is 21.4. The summed E-state index contributed by atoms with van der Waals surface area (Å²) in [6.45, 7) is 4.52. The molecule has 0 radical (unpaired) electrons. The molecule has 2 aliphatic rings. The maximum Gasteiger partial charge on any atom is 0.149 e. The number of Topliss-reactive ketones (excluding diaryl/α,β-unsaturated/α-hetero) is 1. The highest BCUT2D eigenvalue weighted by molar-refractivity contribution is 5.83. The molecule has 2 heterocycles. The van der Waals surface area contributed by atoms with E-state index < -0.39 is 0 Å². The van der Waals surface area contributed by atoms with Crippen LogP contribution in [0.1, 0.15) is 32.1 Å². The molecule has 0 N–H and O–H groups in total. The van der Waals surface area contributed by atoms with Gasteiger partial charge in [0, 0.05) is 38.3 Å². The van der Waals surface area contributed by atoms with Crippen LogP contribution in [0.3, 0.4) is 0 Å². The number of ketones is 1. The summed E-state index contributed by atoms with van der Waals surface area (Å²) in [7, 11) is 0. The number of pyridine rings is 1. The second-order valence-corrected chi connectivity index (χ2v) is 6.25. The Balaban J connectivity index is 1.46. The van der Waals surface area contributed by atoms with Crippen molar-refractivity contribution in [2.45, 2.75) is 32.1 Å². The summed E-state index contributed by atoms with van der Waals surface area (Å²) in [5, 5.41) is 0. The van der Waals surface area contributed by atoms with Gasteiger partial charge in [0.05, 0.1) is 6.54 Å². The van der Waals surface area contributed by atoms with Crippen LogP contribution in [-0.2, 0) is 4.79 Å². The Morgan fingerprint density at radius 2 is 1.86 bits per heavy atom. The van der Waals surface area contributed by atoms with Gasteiger partial charge in [-0.05, 0) is 25.0 Å². The van der Waals surface area contributed by atoms with Crippen molar-refractivity contribution in [1.82, 2.24) is 9.88 Å². The standard InChI is InChI=1S/C17H25N3O/c21-16(15-6-2-1-3-7-15)14-19-10-12-20(13-11-19)17-8-4-5-9-18-17/h4-5,8-9,15H,1-3,6-7,10-14H2. The molecule has 1 aliphatic carbocycles. The van der Waals surface area contributed by atoms with Crippen LogP contribution < -0.4 is 4.90 Å². The van der Waals surface area contributed by atoms with Gasteiger partial charge in [-0.1, -0.05) is 25.3 Å². The number of carbonyl (C=O) groups excluding carboxylic acids is 1. The Labute approximate surface area is 127 Å². The molecule has 1 saturated carbocycles. The molecule has 0 bridgehead atoms. The van der Waals surface area contributed by atoms with Gasteiger partial charge in [0.2, 0.25) is 0 Å². The first-order chi connectivity index (χ1) is 10.3. The van der Waals surface area contributed by atoms with Crippen LogP contribution in [0.4, 0.5) is 5.82 Å². The summed E-state index contributed by atoms with van der Waals surface area (Å²) >= 11 is 0. The number of hydrogen-bond acceptors (Lipinski definition) is 4. The molecule has 21 heavy (non-hydrogen) atoms. The molecule has 1 aliphatic heterocycles. The minimum absolute atomic E-state index is 0.340. The maximum atomic E-state index is 12.4. The van der Waals surface area contributed by atoms with Crippen LogP contribution in [0.5, 0.6) is 0 Å². The summed E-state index contributed by atoms with van der Waals surface area (Å²) in [4.78, 5) is 21.4. The zero-order valence-electron chi connectivity index (χ0n) is 12.7. The van der Waals surface area contributed by atoms with E-state index in [9.17, 15) is 4.79 Å². The first kappa shape index (κ1) is 14.5. The molecule has 0 aromatic carbocycles. The van der Waals surface area contributed by atoms with E-state index in [1.54, 1.807) is 0 Å². The van der Waals surface area contributed by atoms with Crippen molar-refractivity contribution < 1.29 is 4.79 Å². The highest BCUT2D eigenvalue weighted by atomic mass is 16.1.